The van der Waals surface area contributed by atoms with Crippen LogP contribution in [0, 0.1) is 12.7 Å². The Morgan fingerprint density at radius 3 is 2.95 bits per heavy atom. The number of pyridine rings is 2. The molecule has 0 fully saturated rings. The highest BCUT2D eigenvalue weighted by Crippen LogP contribution is 2.39. The summed E-state index contributed by atoms with van der Waals surface area (Å²) in [5.74, 6) is -0.238. The first kappa shape index (κ1) is 12.3. The highest BCUT2D eigenvalue weighted by atomic mass is 19.1. The summed E-state index contributed by atoms with van der Waals surface area (Å²) in [6.07, 6.45) is 4.51. The standard InChI is InChI=1S/C17H14FN3/c1-11-16(18)17(13-4-2-3-5-14(13)20-11)21-9-7-12-10-19-8-6-15(12)21/h2-6,8,10H,7,9H2,1H3. The minimum atomic E-state index is -0.238. The maximum Gasteiger partial charge on any atom is 0.168 e. The molecule has 0 saturated heterocycles. The van der Waals surface area contributed by atoms with Gasteiger partial charge in [0.15, 0.2) is 5.82 Å². The Morgan fingerprint density at radius 2 is 2.05 bits per heavy atom. The fourth-order valence-electron chi connectivity index (χ4n) is 3.02. The lowest BCUT2D eigenvalue weighted by Gasteiger charge is -2.22. The molecular formula is C17H14FN3. The molecule has 4 heteroatoms. The molecule has 0 aliphatic carbocycles. The summed E-state index contributed by atoms with van der Waals surface area (Å²) < 4.78 is 14.8. The van der Waals surface area contributed by atoms with Gasteiger partial charge in [0.1, 0.15) is 0 Å². The number of anilines is 2. The number of aryl methyl sites for hydroxylation is 1. The van der Waals surface area contributed by atoms with Crippen LogP contribution >= 0.6 is 0 Å². The summed E-state index contributed by atoms with van der Waals surface area (Å²) in [4.78, 5) is 10.5. The molecule has 104 valence electrons. The number of nitrogens with zero attached hydrogens (tertiary/aromatic N) is 3. The van der Waals surface area contributed by atoms with Crippen LogP contribution in [0.1, 0.15) is 11.3 Å². The third-order valence-corrected chi connectivity index (χ3v) is 4.02. The molecule has 0 amide bonds. The van der Waals surface area contributed by atoms with Crippen LogP contribution in [0.25, 0.3) is 10.9 Å². The molecule has 0 radical (unpaired) electrons. The van der Waals surface area contributed by atoms with Gasteiger partial charge in [0.25, 0.3) is 0 Å². The second-order valence-corrected chi connectivity index (χ2v) is 5.28. The number of aromatic nitrogens is 2. The van der Waals surface area contributed by atoms with Crippen LogP contribution in [0.2, 0.25) is 0 Å². The number of fused-ring (bicyclic) bond motifs is 2. The Bertz CT molecular complexity index is 845. The van der Waals surface area contributed by atoms with Gasteiger partial charge in [0.2, 0.25) is 0 Å². The van der Waals surface area contributed by atoms with Crippen molar-refractivity contribution in [1.29, 1.82) is 0 Å². The van der Waals surface area contributed by atoms with Crippen molar-refractivity contribution >= 4 is 22.3 Å². The van der Waals surface area contributed by atoms with E-state index in [1.54, 1.807) is 13.1 Å². The molecule has 3 nitrogen and oxygen atoms in total. The van der Waals surface area contributed by atoms with E-state index in [2.05, 4.69) is 9.97 Å². The molecule has 1 aliphatic rings. The van der Waals surface area contributed by atoms with Crippen molar-refractivity contribution in [1.82, 2.24) is 9.97 Å². The van der Waals surface area contributed by atoms with Crippen LogP contribution in [0.15, 0.2) is 42.7 Å². The molecule has 3 heterocycles. The Balaban J connectivity index is 2.01. The summed E-state index contributed by atoms with van der Waals surface area (Å²) in [6.45, 7) is 2.49. The number of para-hydroxylation sites is 1. The van der Waals surface area contributed by atoms with E-state index in [1.165, 1.54) is 0 Å². The van der Waals surface area contributed by atoms with Crippen LogP contribution in [0.3, 0.4) is 0 Å². The molecule has 1 aliphatic heterocycles. The summed E-state index contributed by atoms with van der Waals surface area (Å²) in [5, 5.41) is 0.852. The van der Waals surface area contributed by atoms with Gasteiger partial charge in [-0.2, -0.15) is 0 Å². The average molecular weight is 279 g/mol. The van der Waals surface area contributed by atoms with Crippen molar-refractivity contribution in [3.63, 3.8) is 0 Å². The van der Waals surface area contributed by atoms with Gasteiger partial charge in [-0.1, -0.05) is 18.2 Å². The molecule has 2 aromatic heterocycles. The number of hydrogen-bond donors (Lipinski definition) is 0. The van der Waals surface area contributed by atoms with Crippen LogP contribution in [-0.4, -0.2) is 16.5 Å². The topological polar surface area (TPSA) is 29.0 Å². The van der Waals surface area contributed by atoms with E-state index in [-0.39, 0.29) is 5.82 Å². The van der Waals surface area contributed by atoms with Crippen LogP contribution in [-0.2, 0) is 6.42 Å². The van der Waals surface area contributed by atoms with Crippen LogP contribution in [0.4, 0.5) is 15.8 Å². The molecule has 1 aromatic carbocycles. The van der Waals surface area contributed by atoms with Gasteiger partial charge < -0.3 is 4.90 Å². The number of hydrogen-bond acceptors (Lipinski definition) is 3. The summed E-state index contributed by atoms with van der Waals surface area (Å²) >= 11 is 0. The number of halogens is 1. The first-order chi connectivity index (χ1) is 10.3. The number of rotatable bonds is 1. The quantitative estimate of drug-likeness (QED) is 0.679. The first-order valence-corrected chi connectivity index (χ1v) is 7.01. The molecule has 0 spiro atoms. The maximum absolute atomic E-state index is 14.8. The normalized spacial score (nSPS) is 13.7. The predicted octanol–water partition coefficient (Wildman–Crippen LogP) is 3.77. The first-order valence-electron chi connectivity index (χ1n) is 7.01. The van der Waals surface area contributed by atoms with Crippen LogP contribution in [0.5, 0.6) is 0 Å². The van der Waals surface area contributed by atoms with E-state index in [4.69, 9.17) is 0 Å². The fourth-order valence-corrected chi connectivity index (χ4v) is 3.02. The van der Waals surface area contributed by atoms with Gasteiger partial charge in [0.05, 0.1) is 16.9 Å². The lowest BCUT2D eigenvalue weighted by atomic mass is 10.1. The van der Waals surface area contributed by atoms with E-state index >= 15 is 0 Å². The monoisotopic (exact) mass is 279 g/mol. The third-order valence-electron chi connectivity index (χ3n) is 4.02. The van der Waals surface area contributed by atoms with Gasteiger partial charge in [-0.05, 0) is 31.0 Å². The number of benzene rings is 1. The minimum absolute atomic E-state index is 0.238. The van der Waals surface area contributed by atoms with Crippen molar-refractivity contribution in [3.8, 4) is 0 Å². The second kappa shape index (κ2) is 4.52. The maximum atomic E-state index is 14.8. The van der Waals surface area contributed by atoms with Crippen LogP contribution < -0.4 is 4.90 Å². The molecular weight excluding hydrogens is 265 g/mol. The lowest BCUT2D eigenvalue weighted by molar-refractivity contribution is 0.611. The van der Waals surface area contributed by atoms with Crippen molar-refractivity contribution < 1.29 is 4.39 Å². The van der Waals surface area contributed by atoms with Gasteiger partial charge in [0, 0.05) is 30.0 Å². The smallest absolute Gasteiger partial charge is 0.168 e. The van der Waals surface area contributed by atoms with Crippen molar-refractivity contribution in [2.45, 2.75) is 13.3 Å². The van der Waals surface area contributed by atoms with Gasteiger partial charge in [-0.15, -0.1) is 0 Å². The molecule has 0 N–H and O–H groups in total. The summed E-state index contributed by atoms with van der Waals surface area (Å²) in [6, 6.07) is 9.66. The van der Waals surface area contributed by atoms with Crippen molar-refractivity contribution in [2.24, 2.45) is 0 Å². The Labute approximate surface area is 122 Å². The van der Waals surface area contributed by atoms with Gasteiger partial charge in [-0.3, -0.25) is 4.98 Å². The van der Waals surface area contributed by atoms with E-state index in [0.29, 0.717) is 11.4 Å². The largest absolute Gasteiger partial charge is 0.338 e. The zero-order valence-corrected chi connectivity index (χ0v) is 11.7. The van der Waals surface area contributed by atoms with Crippen molar-refractivity contribution in [2.75, 3.05) is 11.4 Å². The predicted molar refractivity (Wildman–Crippen MR) is 81.4 cm³/mol. The Morgan fingerprint density at radius 1 is 1.19 bits per heavy atom. The SMILES string of the molecule is Cc1nc2ccccc2c(N2CCc3cnccc32)c1F. The third kappa shape index (κ3) is 1.79. The molecule has 0 unspecified atom stereocenters. The molecule has 0 atom stereocenters. The highest BCUT2D eigenvalue weighted by molar-refractivity contribution is 5.95. The van der Waals surface area contributed by atoms with Gasteiger partial charge in [-0.25, -0.2) is 9.37 Å². The Hall–Kier alpha value is -2.49. The van der Waals surface area contributed by atoms with Gasteiger partial charge >= 0.3 is 0 Å². The zero-order chi connectivity index (χ0) is 14.4. The Kier molecular flexibility index (Phi) is 2.64. The molecule has 0 bridgehead atoms. The fraction of sp³-hybridized carbons (Fsp3) is 0.176. The second-order valence-electron chi connectivity index (χ2n) is 5.28. The van der Waals surface area contributed by atoms with E-state index in [1.807, 2.05) is 41.4 Å². The average Bonchev–Trinajstić information content (AvgIpc) is 2.92. The minimum Gasteiger partial charge on any atom is -0.338 e. The molecule has 0 saturated carbocycles. The van der Waals surface area contributed by atoms with E-state index in [9.17, 15) is 4.39 Å². The van der Waals surface area contributed by atoms with E-state index < -0.39 is 0 Å². The van der Waals surface area contributed by atoms with Crippen molar-refractivity contribution in [3.05, 3.63) is 59.8 Å². The summed E-state index contributed by atoms with van der Waals surface area (Å²) in [5.41, 5.74) is 4.10. The summed E-state index contributed by atoms with van der Waals surface area (Å²) in [7, 11) is 0. The molecule has 4 rings (SSSR count). The molecule has 3 aromatic rings. The highest BCUT2D eigenvalue weighted by Gasteiger charge is 2.25. The van der Waals surface area contributed by atoms with E-state index in [0.717, 1.165) is 35.1 Å². The zero-order valence-electron chi connectivity index (χ0n) is 11.7. The molecule has 21 heavy (non-hydrogen) atoms. The lowest BCUT2D eigenvalue weighted by Crippen LogP contribution is -2.16.